The summed E-state index contributed by atoms with van der Waals surface area (Å²) in [5, 5.41) is 0. The lowest BCUT2D eigenvalue weighted by Gasteiger charge is -2.23. The van der Waals surface area contributed by atoms with Crippen molar-refractivity contribution in [1.82, 2.24) is 4.90 Å². The predicted octanol–water partition coefficient (Wildman–Crippen LogP) is 2.84. The van der Waals surface area contributed by atoms with Gasteiger partial charge in [-0.2, -0.15) is 0 Å². The minimum absolute atomic E-state index is 0.00534. The molecule has 0 atom stereocenters. The van der Waals surface area contributed by atoms with E-state index in [0.717, 1.165) is 17.7 Å². The zero-order chi connectivity index (χ0) is 17.9. The van der Waals surface area contributed by atoms with Crippen molar-refractivity contribution < 1.29 is 14.3 Å². The van der Waals surface area contributed by atoms with E-state index in [1.54, 1.807) is 17.0 Å². The van der Waals surface area contributed by atoms with Crippen molar-refractivity contribution in [3.63, 3.8) is 0 Å². The Morgan fingerprint density at radius 2 is 1.64 bits per heavy atom. The topological polar surface area (TPSA) is 64.8 Å². The SMILES string of the molecule is CCOc1ccc(OCC(=O)N(CCCN)Cc2ccccc2)cc1. The molecule has 0 saturated heterocycles. The molecule has 5 nitrogen and oxygen atoms in total. The van der Waals surface area contributed by atoms with Crippen LogP contribution in [-0.2, 0) is 11.3 Å². The molecule has 0 aliphatic carbocycles. The van der Waals surface area contributed by atoms with Crippen LogP contribution in [0.15, 0.2) is 54.6 Å². The van der Waals surface area contributed by atoms with Crippen LogP contribution in [0.2, 0.25) is 0 Å². The second-order valence-corrected chi connectivity index (χ2v) is 5.64. The van der Waals surface area contributed by atoms with E-state index in [1.165, 1.54) is 0 Å². The van der Waals surface area contributed by atoms with Gasteiger partial charge in [-0.1, -0.05) is 30.3 Å². The summed E-state index contributed by atoms with van der Waals surface area (Å²) in [6.07, 6.45) is 0.766. The summed E-state index contributed by atoms with van der Waals surface area (Å²) in [5.41, 5.74) is 6.68. The molecule has 5 heteroatoms. The third kappa shape index (κ3) is 6.47. The molecule has 2 rings (SSSR count). The minimum Gasteiger partial charge on any atom is -0.494 e. The molecule has 25 heavy (non-hydrogen) atoms. The zero-order valence-electron chi connectivity index (χ0n) is 14.7. The quantitative estimate of drug-likeness (QED) is 0.721. The summed E-state index contributed by atoms with van der Waals surface area (Å²) < 4.78 is 11.0. The van der Waals surface area contributed by atoms with E-state index < -0.39 is 0 Å². The fraction of sp³-hybridized carbons (Fsp3) is 0.350. The third-order valence-corrected chi connectivity index (χ3v) is 3.70. The van der Waals surface area contributed by atoms with Crippen LogP contribution in [0.4, 0.5) is 0 Å². The lowest BCUT2D eigenvalue weighted by molar-refractivity contribution is -0.134. The van der Waals surface area contributed by atoms with Crippen molar-refractivity contribution in [3.8, 4) is 11.5 Å². The molecule has 0 unspecified atom stereocenters. The highest BCUT2D eigenvalue weighted by Gasteiger charge is 2.14. The van der Waals surface area contributed by atoms with Crippen LogP contribution >= 0.6 is 0 Å². The number of hydrogen-bond donors (Lipinski definition) is 1. The highest BCUT2D eigenvalue weighted by atomic mass is 16.5. The molecule has 2 aromatic rings. The van der Waals surface area contributed by atoms with Gasteiger partial charge >= 0.3 is 0 Å². The minimum atomic E-state index is -0.0498. The molecule has 134 valence electrons. The summed E-state index contributed by atoms with van der Waals surface area (Å²) in [7, 11) is 0. The van der Waals surface area contributed by atoms with Crippen molar-refractivity contribution in [2.75, 3.05) is 26.3 Å². The van der Waals surface area contributed by atoms with Gasteiger partial charge in [0.1, 0.15) is 11.5 Å². The van der Waals surface area contributed by atoms with Crippen LogP contribution in [0.5, 0.6) is 11.5 Å². The van der Waals surface area contributed by atoms with Gasteiger partial charge in [-0.15, -0.1) is 0 Å². The summed E-state index contributed by atoms with van der Waals surface area (Å²) in [5.74, 6) is 1.39. The normalized spacial score (nSPS) is 10.3. The van der Waals surface area contributed by atoms with Gasteiger partial charge in [-0.25, -0.2) is 0 Å². The average Bonchev–Trinajstić information content (AvgIpc) is 2.65. The van der Waals surface area contributed by atoms with Gasteiger partial charge in [-0.3, -0.25) is 4.79 Å². The van der Waals surface area contributed by atoms with E-state index in [4.69, 9.17) is 15.2 Å². The summed E-state index contributed by atoms with van der Waals surface area (Å²) in [6.45, 7) is 4.30. The molecule has 2 aromatic carbocycles. The predicted molar refractivity (Wildman–Crippen MR) is 98.6 cm³/mol. The number of rotatable bonds is 10. The van der Waals surface area contributed by atoms with E-state index in [9.17, 15) is 4.79 Å². The summed E-state index contributed by atoms with van der Waals surface area (Å²) in [4.78, 5) is 14.3. The number of nitrogens with two attached hydrogens (primary N) is 1. The molecule has 0 aromatic heterocycles. The average molecular weight is 342 g/mol. The van der Waals surface area contributed by atoms with Crippen LogP contribution in [0.1, 0.15) is 18.9 Å². The molecular formula is C20H26N2O3. The van der Waals surface area contributed by atoms with Gasteiger partial charge < -0.3 is 20.1 Å². The third-order valence-electron chi connectivity index (χ3n) is 3.70. The maximum Gasteiger partial charge on any atom is 0.260 e. The first kappa shape index (κ1) is 18.8. The maximum atomic E-state index is 12.5. The first-order chi connectivity index (χ1) is 12.2. The lowest BCUT2D eigenvalue weighted by Crippen LogP contribution is -2.36. The molecule has 0 bridgehead atoms. The Bertz CT molecular complexity index is 629. The van der Waals surface area contributed by atoms with E-state index >= 15 is 0 Å². The Morgan fingerprint density at radius 3 is 2.24 bits per heavy atom. The molecule has 1 amide bonds. The van der Waals surface area contributed by atoms with E-state index in [2.05, 4.69) is 0 Å². The molecule has 0 spiro atoms. The largest absolute Gasteiger partial charge is 0.494 e. The first-order valence-electron chi connectivity index (χ1n) is 8.60. The number of amides is 1. The molecule has 2 N–H and O–H groups in total. The van der Waals surface area contributed by atoms with Crippen molar-refractivity contribution >= 4 is 5.91 Å². The van der Waals surface area contributed by atoms with Crippen LogP contribution in [0, 0.1) is 0 Å². The Balaban J connectivity index is 1.91. The molecule has 0 heterocycles. The Morgan fingerprint density at radius 1 is 1.00 bits per heavy atom. The van der Waals surface area contributed by atoms with Gasteiger partial charge in [0.25, 0.3) is 5.91 Å². The van der Waals surface area contributed by atoms with Crippen LogP contribution in [0.3, 0.4) is 0 Å². The smallest absolute Gasteiger partial charge is 0.260 e. The van der Waals surface area contributed by atoms with Gasteiger partial charge in [0.05, 0.1) is 6.61 Å². The van der Waals surface area contributed by atoms with Gasteiger partial charge in [0.2, 0.25) is 0 Å². The molecule has 0 aliphatic rings. The van der Waals surface area contributed by atoms with E-state index in [-0.39, 0.29) is 12.5 Å². The Kier molecular flexibility index (Phi) is 7.79. The fourth-order valence-electron chi connectivity index (χ4n) is 2.41. The highest BCUT2D eigenvalue weighted by Crippen LogP contribution is 2.17. The van der Waals surface area contributed by atoms with E-state index in [1.807, 2.05) is 49.4 Å². The molecule has 0 aliphatic heterocycles. The van der Waals surface area contributed by atoms with Crippen LogP contribution in [0.25, 0.3) is 0 Å². The second-order valence-electron chi connectivity index (χ2n) is 5.64. The van der Waals surface area contributed by atoms with Crippen molar-refractivity contribution in [2.24, 2.45) is 5.73 Å². The monoisotopic (exact) mass is 342 g/mol. The van der Waals surface area contributed by atoms with Gasteiger partial charge in [0, 0.05) is 13.1 Å². The van der Waals surface area contributed by atoms with Crippen molar-refractivity contribution in [1.29, 1.82) is 0 Å². The lowest BCUT2D eigenvalue weighted by atomic mass is 10.2. The van der Waals surface area contributed by atoms with Gasteiger partial charge in [0.15, 0.2) is 6.61 Å². The summed E-state index contributed by atoms with van der Waals surface area (Å²) >= 11 is 0. The standard InChI is InChI=1S/C20H26N2O3/c1-2-24-18-9-11-19(12-10-18)25-16-20(23)22(14-6-13-21)15-17-7-4-3-5-8-17/h3-5,7-12H,2,6,13-16,21H2,1H3. The maximum absolute atomic E-state index is 12.5. The van der Waals surface area contributed by atoms with Gasteiger partial charge in [-0.05, 0) is 49.7 Å². The van der Waals surface area contributed by atoms with Crippen LogP contribution < -0.4 is 15.2 Å². The number of carbonyl (C=O) groups excluding carboxylic acids is 1. The Hall–Kier alpha value is -2.53. The number of ether oxygens (including phenoxy) is 2. The molecular weight excluding hydrogens is 316 g/mol. The fourth-order valence-corrected chi connectivity index (χ4v) is 2.41. The summed E-state index contributed by atoms with van der Waals surface area (Å²) in [6, 6.07) is 17.2. The Labute approximate surface area is 149 Å². The molecule has 0 saturated carbocycles. The number of hydrogen-bond acceptors (Lipinski definition) is 4. The number of carbonyl (C=O) groups is 1. The first-order valence-corrected chi connectivity index (χ1v) is 8.60. The molecule has 0 fully saturated rings. The number of nitrogens with zero attached hydrogens (tertiary/aromatic N) is 1. The zero-order valence-corrected chi connectivity index (χ0v) is 14.7. The second kappa shape index (κ2) is 10.4. The van der Waals surface area contributed by atoms with Crippen LogP contribution in [-0.4, -0.2) is 37.1 Å². The van der Waals surface area contributed by atoms with Crippen molar-refractivity contribution in [3.05, 3.63) is 60.2 Å². The molecule has 0 radical (unpaired) electrons. The number of benzene rings is 2. The van der Waals surface area contributed by atoms with E-state index in [0.29, 0.717) is 32.0 Å². The van der Waals surface area contributed by atoms with Crippen molar-refractivity contribution in [2.45, 2.75) is 19.9 Å². The highest BCUT2D eigenvalue weighted by molar-refractivity contribution is 5.77.